The van der Waals surface area contributed by atoms with Crippen LogP contribution in [0.5, 0.6) is 5.88 Å². The van der Waals surface area contributed by atoms with Crippen molar-refractivity contribution >= 4 is 33.1 Å². The van der Waals surface area contributed by atoms with E-state index in [9.17, 15) is 0 Å². The molecule has 2 rings (SSSR count). The van der Waals surface area contributed by atoms with Crippen molar-refractivity contribution in [2.24, 2.45) is 0 Å². The molecule has 0 spiro atoms. The molecule has 0 radical (unpaired) electrons. The van der Waals surface area contributed by atoms with Gasteiger partial charge in [0.15, 0.2) is 5.82 Å². The van der Waals surface area contributed by atoms with Gasteiger partial charge >= 0.3 is 0 Å². The Bertz CT molecular complexity index is 668. The van der Waals surface area contributed by atoms with Crippen LogP contribution in [0.3, 0.4) is 0 Å². The summed E-state index contributed by atoms with van der Waals surface area (Å²) >= 11 is 3.32. The highest BCUT2D eigenvalue weighted by Crippen LogP contribution is 2.29. The first-order valence-electron chi connectivity index (χ1n) is 5.85. The molecule has 6 nitrogen and oxygen atoms in total. The van der Waals surface area contributed by atoms with Crippen LogP contribution in [0.2, 0.25) is 0 Å². The van der Waals surface area contributed by atoms with Crippen molar-refractivity contribution in [3.05, 3.63) is 34.6 Å². The Morgan fingerprint density at radius 1 is 1.45 bits per heavy atom. The number of anilines is 3. The second-order valence-corrected chi connectivity index (χ2v) is 4.72. The monoisotopic (exact) mass is 333 g/mol. The Morgan fingerprint density at radius 3 is 2.95 bits per heavy atom. The molecule has 102 valence electrons. The topological polar surface area (TPSA) is 96.9 Å². The van der Waals surface area contributed by atoms with E-state index >= 15 is 0 Å². The highest BCUT2D eigenvalue weighted by Gasteiger charge is 2.11. The van der Waals surface area contributed by atoms with Gasteiger partial charge in [0, 0.05) is 4.47 Å². The minimum absolute atomic E-state index is 0.307. The quantitative estimate of drug-likeness (QED) is 0.892. The average molecular weight is 334 g/mol. The van der Waals surface area contributed by atoms with Crippen molar-refractivity contribution in [1.29, 1.82) is 5.26 Å². The number of nitrogens with zero attached hydrogens (tertiary/aromatic N) is 3. The Kier molecular flexibility index (Phi) is 4.38. The van der Waals surface area contributed by atoms with Crippen LogP contribution in [0.15, 0.2) is 29.0 Å². The summed E-state index contributed by atoms with van der Waals surface area (Å²) in [4.78, 5) is 8.02. The molecular formula is C13H12BrN5O. The fraction of sp³-hybridized carbons (Fsp3) is 0.154. The van der Waals surface area contributed by atoms with Gasteiger partial charge in [0.25, 0.3) is 0 Å². The zero-order valence-corrected chi connectivity index (χ0v) is 12.3. The maximum absolute atomic E-state index is 9.13. The van der Waals surface area contributed by atoms with E-state index in [0.29, 0.717) is 35.2 Å². The molecule has 0 aliphatic carbocycles. The Morgan fingerprint density at radius 2 is 2.25 bits per heavy atom. The third kappa shape index (κ3) is 2.97. The molecule has 2 aromatic rings. The predicted octanol–water partition coefficient (Wildman–Crippen LogP) is 2.84. The number of nitrogens with two attached hydrogens (primary N) is 1. The molecule has 0 bridgehead atoms. The molecule has 0 aliphatic rings. The first-order chi connectivity index (χ1) is 9.65. The highest BCUT2D eigenvalue weighted by molar-refractivity contribution is 9.10. The summed E-state index contributed by atoms with van der Waals surface area (Å²) in [7, 11) is 0. The fourth-order valence-corrected chi connectivity index (χ4v) is 1.94. The summed E-state index contributed by atoms with van der Waals surface area (Å²) < 4.78 is 6.13. The number of nitriles is 1. The highest BCUT2D eigenvalue weighted by atomic mass is 79.9. The Hall–Kier alpha value is -2.33. The lowest BCUT2D eigenvalue weighted by Crippen LogP contribution is -2.05. The molecule has 0 atom stereocenters. The van der Waals surface area contributed by atoms with Gasteiger partial charge in [-0.2, -0.15) is 10.2 Å². The summed E-state index contributed by atoms with van der Waals surface area (Å²) in [5, 5.41) is 12.1. The van der Waals surface area contributed by atoms with Gasteiger partial charge in [0.1, 0.15) is 18.1 Å². The number of ether oxygens (including phenoxy) is 1. The standard InChI is InChI=1S/C13H12BrN5O/c1-2-20-13-11(16)12(17-7-18-13)19-10-4-3-9(14)5-8(10)6-15/h3-5,7H,2,16H2,1H3,(H,17,18,19). The van der Waals surface area contributed by atoms with Gasteiger partial charge in [0.05, 0.1) is 17.9 Å². The third-order valence-corrected chi connectivity index (χ3v) is 2.98. The van der Waals surface area contributed by atoms with Gasteiger partial charge in [0.2, 0.25) is 5.88 Å². The zero-order chi connectivity index (χ0) is 14.5. The maximum Gasteiger partial charge on any atom is 0.242 e. The largest absolute Gasteiger partial charge is 0.476 e. The number of benzene rings is 1. The third-order valence-electron chi connectivity index (χ3n) is 2.48. The SMILES string of the molecule is CCOc1ncnc(Nc2ccc(Br)cc2C#N)c1N. The van der Waals surface area contributed by atoms with Crippen molar-refractivity contribution in [3.8, 4) is 11.9 Å². The van der Waals surface area contributed by atoms with Crippen molar-refractivity contribution in [2.75, 3.05) is 17.7 Å². The fourth-order valence-electron chi connectivity index (χ4n) is 1.58. The molecule has 0 saturated carbocycles. The lowest BCUT2D eigenvalue weighted by molar-refractivity contribution is 0.328. The molecule has 0 aliphatic heterocycles. The van der Waals surface area contributed by atoms with Crippen molar-refractivity contribution in [2.45, 2.75) is 6.92 Å². The van der Waals surface area contributed by atoms with E-state index in [4.69, 9.17) is 15.7 Å². The summed E-state index contributed by atoms with van der Waals surface area (Å²) in [6, 6.07) is 7.41. The second kappa shape index (κ2) is 6.21. The van der Waals surface area contributed by atoms with Gasteiger partial charge in [-0.05, 0) is 25.1 Å². The van der Waals surface area contributed by atoms with Crippen LogP contribution in [0.4, 0.5) is 17.2 Å². The lowest BCUT2D eigenvalue weighted by atomic mass is 10.2. The van der Waals surface area contributed by atoms with Crippen LogP contribution in [-0.4, -0.2) is 16.6 Å². The molecular weight excluding hydrogens is 322 g/mol. The van der Waals surface area contributed by atoms with E-state index in [2.05, 4.69) is 37.3 Å². The number of halogens is 1. The van der Waals surface area contributed by atoms with Crippen LogP contribution < -0.4 is 15.8 Å². The van der Waals surface area contributed by atoms with Gasteiger partial charge in [-0.25, -0.2) is 4.98 Å². The molecule has 0 unspecified atom stereocenters. The molecule has 0 fully saturated rings. The summed E-state index contributed by atoms with van der Waals surface area (Å²) in [5.74, 6) is 0.725. The Labute approximate surface area is 124 Å². The zero-order valence-electron chi connectivity index (χ0n) is 10.7. The summed E-state index contributed by atoms with van der Waals surface area (Å²) in [5.41, 5.74) is 7.34. The molecule has 3 N–H and O–H groups in total. The smallest absolute Gasteiger partial charge is 0.242 e. The van der Waals surface area contributed by atoms with E-state index in [1.54, 1.807) is 12.1 Å². The molecule has 1 heterocycles. The summed E-state index contributed by atoms with van der Waals surface area (Å²) in [6.45, 7) is 2.31. The normalized spacial score (nSPS) is 9.85. The number of hydrogen-bond donors (Lipinski definition) is 2. The average Bonchev–Trinajstić information content (AvgIpc) is 2.45. The van der Waals surface area contributed by atoms with Crippen LogP contribution in [0, 0.1) is 11.3 Å². The first-order valence-corrected chi connectivity index (χ1v) is 6.65. The molecule has 1 aromatic heterocycles. The Balaban J connectivity index is 2.36. The lowest BCUT2D eigenvalue weighted by Gasteiger charge is -2.12. The number of nitrogens with one attached hydrogen (secondary N) is 1. The van der Waals surface area contributed by atoms with Gasteiger partial charge in [-0.15, -0.1) is 0 Å². The maximum atomic E-state index is 9.13. The second-order valence-electron chi connectivity index (χ2n) is 3.80. The number of aromatic nitrogens is 2. The van der Waals surface area contributed by atoms with E-state index in [1.807, 2.05) is 13.0 Å². The molecule has 0 saturated heterocycles. The van der Waals surface area contributed by atoms with Gasteiger partial charge in [-0.3, -0.25) is 0 Å². The van der Waals surface area contributed by atoms with E-state index < -0.39 is 0 Å². The van der Waals surface area contributed by atoms with Crippen LogP contribution in [0.1, 0.15) is 12.5 Å². The minimum atomic E-state index is 0.307. The van der Waals surface area contributed by atoms with Crippen LogP contribution in [-0.2, 0) is 0 Å². The van der Waals surface area contributed by atoms with Crippen molar-refractivity contribution < 1.29 is 4.74 Å². The van der Waals surface area contributed by atoms with E-state index in [0.717, 1.165) is 4.47 Å². The van der Waals surface area contributed by atoms with E-state index in [1.165, 1.54) is 6.33 Å². The molecule has 0 amide bonds. The van der Waals surface area contributed by atoms with Crippen molar-refractivity contribution in [3.63, 3.8) is 0 Å². The number of nitrogen functional groups attached to an aromatic ring is 1. The molecule has 20 heavy (non-hydrogen) atoms. The predicted molar refractivity (Wildman–Crippen MR) is 79.8 cm³/mol. The number of hydrogen-bond acceptors (Lipinski definition) is 6. The van der Waals surface area contributed by atoms with Gasteiger partial charge in [-0.1, -0.05) is 15.9 Å². The molecule has 7 heteroatoms. The molecule has 1 aromatic carbocycles. The van der Waals surface area contributed by atoms with Gasteiger partial charge < -0.3 is 15.8 Å². The first kappa shape index (κ1) is 14.1. The minimum Gasteiger partial charge on any atom is -0.476 e. The van der Waals surface area contributed by atoms with Crippen molar-refractivity contribution in [1.82, 2.24) is 9.97 Å². The van der Waals surface area contributed by atoms with Crippen LogP contribution in [0.25, 0.3) is 0 Å². The summed E-state index contributed by atoms with van der Waals surface area (Å²) in [6.07, 6.45) is 1.36. The van der Waals surface area contributed by atoms with E-state index in [-0.39, 0.29) is 0 Å². The number of rotatable bonds is 4. The van der Waals surface area contributed by atoms with Crippen LogP contribution >= 0.6 is 15.9 Å².